The Morgan fingerprint density at radius 1 is 0.905 bits per heavy atom. The Bertz CT molecular complexity index is 463. The molecule has 1 aliphatic carbocycles. The first kappa shape index (κ1) is 16.5. The molecular weight excluding hydrogens is 256 g/mol. The lowest BCUT2D eigenvalue weighted by molar-refractivity contribution is -0.0850. The zero-order valence-corrected chi connectivity index (χ0v) is 14.7. The van der Waals surface area contributed by atoms with E-state index in [1.165, 1.54) is 17.5 Å². The van der Waals surface area contributed by atoms with Crippen LogP contribution in [0.3, 0.4) is 0 Å². The Kier molecular flexibility index (Phi) is 4.28. The third-order valence-corrected chi connectivity index (χ3v) is 4.75. The minimum atomic E-state index is -0.565. The molecule has 0 unspecified atom stereocenters. The van der Waals surface area contributed by atoms with E-state index in [9.17, 15) is 5.11 Å². The second-order valence-electron chi connectivity index (χ2n) is 9.16. The average molecular weight is 288 g/mol. The molecule has 0 amide bonds. The summed E-state index contributed by atoms with van der Waals surface area (Å²) in [6.45, 7) is 13.6. The van der Waals surface area contributed by atoms with Crippen LogP contribution >= 0.6 is 0 Å². The van der Waals surface area contributed by atoms with Crippen LogP contribution in [-0.4, -0.2) is 10.7 Å². The first-order chi connectivity index (χ1) is 9.50. The van der Waals surface area contributed by atoms with Crippen molar-refractivity contribution in [3.63, 3.8) is 0 Å². The lowest BCUT2D eigenvalue weighted by atomic mass is 9.58. The van der Waals surface area contributed by atoms with Gasteiger partial charge in [-0.2, -0.15) is 0 Å². The van der Waals surface area contributed by atoms with E-state index in [0.717, 1.165) is 19.3 Å². The summed E-state index contributed by atoms with van der Waals surface area (Å²) in [5.74, 6) is 0.565. The molecule has 118 valence electrons. The molecule has 1 saturated carbocycles. The quantitative estimate of drug-likeness (QED) is 0.798. The number of aliphatic hydroxyl groups is 1. The van der Waals surface area contributed by atoms with Crippen LogP contribution in [-0.2, 0) is 6.42 Å². The summed E-state index contributed by atoms with van der Waals surface area (Å²) in [7, 11) is 0. The highest BCUT2D eigenvalue weighted by Gasteiger charge is 2.46. The van der Waals surface area contributed by atoms with Crippen molar-refractivity contribution in [2.45, 2.75) is 78.7 Å². The summed E-state index contributed by atoms with van der Waals surface area (Å²) >= 11 is 0. The Balaban J connectivity index is 2.16. The van der Waals surface area contributed by atoms with Gasteiger partial charge in [-0.1, -0.05) is 65.8 Å². The van der Waals surface area contributed by atoms with E-state index in [-0.39, 0.29) is 10.8 Å². The van der Waals surface area contributed by atoms with Crippen molar-refractivity contribution in [2.75, 3.05) is 0 Å². The van der Waals surface area contributed by atoms with E-state index in [1.807, 2.05) is 0 Å². The van der Waals surface area contributed by atoms with Crippen LogP contribution in [0.25, 0.3) is 0 Å². The highest BCUT2D eigenvalue weighted by atomic mass is 16.3. The first-order valence-corrected chi connectivity index (χ1v) is 8.32. The molecular formula is C20H32O. The van der Waals surface area contributed by atoms with E-state index in [4.69, 9.17) is 0 Å². The fraction of sp³-hybridized carbons (Fsp3) is 0.700. The van der Waals surface area contributed by atoms with E-state index in [1.54, 1.807) is 0 Å². The highest BCUT2D eigenvalue weighted by Crippen LogP contribution is 2.51. The van der Waals surface area contributed by atoms with Gasteiger partial charge >= 0.3 is 0 Å². The molecule has 0 saturated heterocycles. The predicted octanol–water partition coefficient (Wildman–Crippen LogP) is 5.32. The van der Waals surface area contributed by atoms with Crippen LogP contribution in [0.1, 0.15) is 77.8 Å². The monoisotopic (exact) mass is 288 g/mol. The van der Waals surface area contributed by atoms with Crippen molar-refractivity contribution in [1.29, 1.82) is 0 Å². The lowest BCUT2D eigenvalue weighted by Gasteiger charge is -2.49. The van der Waals surface area contributed by atoms with Crippen LogP contribution in [0.4, 0.5) is 0 Å². The average Bonchev–Trinajstić information content (AvgIpc) is 2.23. The molecule has 1 N–H and O–H groups in total. The molecule has 1 fully saturated rings. The van der Waals surface area contributed by atoms with Crippen molar-refractivity contribution in [2.24, 2.45) is 10.8 Å². The summed E-state index contributed by atoms with van der Waals surface area (Å²) in [5, 5.41) is 11.2. The normalized spacial score (nSPS) is 23.2. The van der Waals surface area contributed by atoms with Gasteiger partial charge in [0.25, 0.3) is 0 Å². The molecule has 0 spiro atoms. The lowest BCUT2D eigenvalue weighted by Crippen LogP contribution is -2.47. The van der Waals surface area contributed by atoms with Crippen LogP contribution in [0, 0.1) is 10.8 Å². The van der Waals surface area contributed by atoms with Gasteiger partial charge < -0.3 is 5.11 Å². The van der Waals surface area contributed by atoms with E-state index in [0.29, 0.717) is 5.92 Å². The molecule has 0 heterocycles. The molecule has 2 rings (SSSR count). The third-order valence-electron chi connectivity index (χ3n) is 4.75. The standard InChI is InChI=1S/C20H32O/c1-15(2)17-9-7-16(8-10-17)11-20(21)13-18(3,4)12-19(5,6)14-20/h7-10,15,21H,11-14H2,1-6H3. The van der Waals surface area contributed by atoms with Crippen molar-refractivity contribution in [3.05, 3.63) is 35.4 Å². The van der Waals surface area contributed by atoms with Gasteiger partial charge in [0.2, 0.25) is 0 Å². The minimum absolute atomic E-state index is 0.217. The van der Waals surface area contributed by atoms with Gasteiger partial charge in [-0.3, -0.25) is 0 Å². The van der Waals surface area contributed by atoms with Crippen LogP contribution in [0.15, 0.2) is 24.3 Å². The van der Waals surface area contributed by atoms with Crippen molar-refractivity contribution in [3.8, 4) is 0 Å². The number of hydrogen-bond donors (Lipinski definition) is 1. The van der Waals surface area contributed by atoms with Gasteiger partial charge in [-0.15, -0.1) is 0 Å². The van der Waals surface area contributed by atoms with Crippen LogP contribution in [0.2, 0.25) is 0 Å². The molecule has 1 heteroatoms. The molecule has 1 nitrogen and oxygen atoms in total. The zero-order valence-electron chi connectivity index (χ0n) is 14.7. The summed E-state index contributed by atoms with van der Waals surface area (Å²) < 4.78 is 0. The first-order valence-electron chi connectivity index (χ1n) is 8.32. The van der Waals surface area contributed by atoms with Gasteiger partial charge in [0.05, 0.1) is 5.60 Å². The maximum absolute atomic E-state index is 11.2. The smallest absolute Gasteiger partial charge is 0.0698 e. The molecule has 0 bridgehead atoms. The zero-order chi connectivity index (χ0) is 15.9. The van der Waals surface area contributed by atoms with E-state index < -0.39 is 5.60 Å². The molecule has 0 radical (unpaired) electrons. The Hall–Kier alpha value is -0.820. The maximum atomic E-state index is 11.2. The van der Waals surface area contributed by atoms with Crippen molar-refractivity contribution >= 4 is 0 Å². The summed E-state index contributed by atoms with van der Waals surface area (Å²) in [4.78, 5) is 0. The van der Waals surface area contributed by atoms with E-state index in [2.05, 4.69) is 65.8 Å². The summed E-state index contributed by atoms with van der Waals surface area (Å²) in [6.07, 6.45) is 3.76. The number of benzene rings is 1. The molecule has 1 aromatic rings. The Labute approximate surface area is 130 Å². The van der Waals surface area contributed by atoms with Gasteiger partial charge in [-0.25, -0.2) is 0 Å². The predicted molar refractivity (Wildman–Crippen MR) is 90.6 cm³/mol. The minimum Gasteiger partial charge on any atom is -0.390 e. The summed E-state index contributed by atoms with van der Waals surface area (Å²) in [5.41, 5.74) is 2.50. The molecule has 21 heavy (non-hydrogen) atoms. The fourth-order valence-corrected chi connectivity index (χ4v) is 4.79. The summed E-state index contributed by atoms with van der Waals surface area (Å²) in [6, 6.07) is 8.81. The molecule has 0 aromatic heterocycles. The Morgan fingerprint density at radius 2 is 1.38 bits per heavy atom. The highest BCUT2D eigenvalue weighted by molar-refractivity contribution is 5.26. The second-order valence-corrected chi connectivity index (χ2v) is 9.16. The largest absolute Gasteiger partial charge is 0.390 e. The molecule has 1 aromatic carbocycles. The maximum Gasteiger partial charge on any atom is 0.0698 e. The molecule has 1 aliphatic rings. The van der Waals surface area contributed by atoms with E-state index >= 15 is 0 Å². The van der Waals surface area contributed by atoms with Gasteiger partial charge in [0, 0.05) is 6.42 Å². The Morgan fingerprint density at radius 3 is 1.81 bits per heavy atom. The van der Waals surface area contributed by atoms with Crippen molar-refractivity contribution < 1.29 is 5.11 Å². The van der Waals surface area contributed by atoms with Crippen molar-refractivity contribution in [1.82, 2.24) is 0 Å². The van der Waals surface area contributed by atoms with Gasteiger partial charge in [0.1, 0.15) is 0 Å². The fourth-order valence-electron chi connectivity index (χ4n) is 4.79. The van der Waals surface area contributed by atoms with Gasteiger partial charge in [0.15, 0.2) is 0 Å². The SMILES string of the molecule is CC(C)c1ccc(CC2(O)CC(C)(C)CC(C)(C)C2)cc1. The topological polar surface area (TPSA) is 20.2 Å². The number of rotatable bonds is 3. The number of hydrogen-bond acceptors (Lipinski definition) is 1. The van der Waals surface area contributed by atoms with Gasteiger partial charge in [-0.05, 0) is 47.1 Å². The van der Waals surface area contributed by atoms with Crippen LogP contribution < -0.4 is 0 Å². The third kappa shape index (κ3) is 4.32. The second kappa shape index (κ2) is 5.43. The molecule has 0 atom stereocenters. The van der Waals surface area contributed by atoms with Crippen LogP contribution in [0.5, 0.6) is 0 Å². The molecule has 0 aliphatic heterocycles.